The van der Waals surface area contributed by atoms with Crippen LogP contribution in [-0.2, 0) is 12.8 Å². The van der Waals surface area contributed by atoms with Crippen LogP contribution in [0.4, 0.5) is 0 Å². The van der Waals surface area contributed by atoms with E-state index in [-0.39, 0.29) is 23.3 Å². The number of nitrogens with one attached hydrogen (secondary N) is 1. The van der Waals surface area contributed by atoms with Crippen molar-refractivity contribution in [2.24, 2.45) is 0 Å². The maximum atomic E-state index is 12.4. The minimum Gasteiger partial charge on any atom is -0.507 e. The number of hydrogen-bond acceptors (Lipinski definition) is 6. The first kappa shape index (κ1) is 23.4. The number of aromatic hydroxyl groups is 1. The van der Waals surface area contributed by atoms with E-state index in [0.29, 0.717) is 17.8 Å². The van der Waals surface area contributed by atoms with Crippen molar-refractivity contribution in [1.29, 1.82) is 0 Å². The van der Waals surface area contributed by atoms with E-state index in [1.54, 1.807) is 18.2 Å². The van der Waals surface area contributed by atoms with Crippen LogP contribution in [0.2, 0.25) is 0 Å². The van der Waals surface area contributed by atoms with Crippen LogP contribution in [0.15, 0.2) is 51.7 Å². The van der Waals surface area contributed by atoms with Crippen LogP contribution in [0, 0.1) is 0 Å². The fraction of sp³-hybridized carbons (Fsp3) is 0.429. The third-order valence-electron chi connectivity index (χ3n) is 7.15. The number of aryl methyl sites for hydroxylation is 1. The molecule has 3 aromatic rings. The minimum absolute atomic E-state index is 0.00958. The van der Waals surface area contributed by atoms with E-state index in [1.807, 2.05) is 18.2 Å². The predicted molar refractivity (Wildman–Crippen MR) is 134 cm³/mol. The summed E-state index contributed by atoms with van der Waals surface area (Å²) in [5.74, 6) is 0.513. The summed E-state index contributed by atoms with van der Waals surface area (Å²) in [6.45, 7) is 3.34. The molecule has 0 spiro atoms. The number of likely N-dealkylation sites (tertiary alicyclic amines) is 1. The lowest BCUT2D eigenvalue weighted by Gasteiger charge is -2.32. The molecule has 0 radical (unpaired) electrons. The molecule has 0 unspecified atom stereocenters. The zero-order valence-corrected chi connectivity index (χ0v) is 19.9. The lowest BCUT2D eigenvalue weighted by atomic mass is 9.91. The molecule has 5 rings (SSSR count). The Bertz CT molecular complexity index is 1260. The largest absolute Gasteiger partial charge is 0.507 e. The first-order valence-corrected chi connectivity index (χ1v) is 12.6. The molecule has 1 aromatic heterocycles. The number of rotatable bonds is 7. The molecule has 7 heteroatoms. The highest BCUT2D eigenvalue weighted by molar-refractivity contribution is 5.96. The molecule has 0 saturated carbocycles. The lowest BCUT2D eigenvalue weighted by Crippen LogP contribution is -2.45. The minimum atomic E-state index is -0.221. The number of phenolic OH excluding ortho intramolecular Hbond substituents is 1. The van der Waals surface area contributed by atoms with Crippen LogP contribution in [0.3, 0.4) is 0 Å². The normalized spacial score (nSPS) is 16.7. The molecule has 2 aliphatic rings. The lowest BCUT2D eigenvalue weighted by molar-refractivity contribution is 0.0907. The summed E-state index contributed by atoms with van der Waals surface area (Å²) in [7, 11) is 0. The molecule has 1 fully saturated rings. The topological polar surface area (TPSA) is 92.0 Å². The van der Waals surface area contributed by atoms with Crippen molar-refractivity contribution in [3.63, 3.8) is 0 Å². The molecule has 2 aromatic carbocycles. The van der Waals surface area contributed by atoms with Crippen molar-refractivity contribution in [1.82, 2.24) is 10.2 Å². The summed E-state index contributed by atoms with van der Waals surface area (Å²) >= 11 is 0. The average molecular weight is 477 g/mol. The summed E-state index contributed by atoms with van der Waals surface area (Å²) < 4.78 is 11.5. The SMILES string of the molecule is O=C(NC1CCN(CCCOc2ccc3c4c(c(=O)oc3c2)CCCC4)CC1)c1ccccc1O. The number of piperidine rings is 1. The molecule has 35 heavy (non-hydrogen) atoms. The Kier molecular flexibility index (Phi) is 7.04. The molecule has 1 aliphatic heterocycles. The average Bonchev–Trinajstić information content (AvgIpc) is 2.88. The summed E-state index contributed by atoms with van der Waals surface area (Å²) in [4.78, 5) is 27.1. The van der Waals surface area contributed by atoms with Crippen LogP contribution in [-0.4, -0.2) is 48.2 Å². The van der Waals surface area contributed by atoms with Gasteiger partial charge in [0.15, 0.2) is 0 Å². The summed E-state index contributed by atoms with van der Waals surface area (Å²) in [5.41, 5.74) is 2.72. The Balaban J connectivity index is 1.07. The highest BCUT2D eigenvalue weighted by atomic mass is 16.5. The van der Waals surface area contributed by atoms with E-state index >= 15 is 0 Å². The van der Waals surface area contributed by atoms with Gasteiger partial charge in [-0.3, -0.25) is 4.79 Å². The van der Waals surface area contributed by atoms with Gasteiger partial charge < -0.3 is 24.5 Å². The molecule has 0 bridgehead atoms. The number of benzene rings is 2. The summed E-state index contributed by atoms with van der Waals surface area (Å²) in [5, 5.41) is 13.9. The van der Waals surface area contributed by atoms with Crippen molar-refractivity contribution in [3.8, 4) is 11.5 Å². The van der Waals surface area contributed by atoms with Crippen LogP contribution in [0.25, 0.3) is 11.0 Å². The van der Waals surface area contributed by atoms with Gasteiger partial charge in [-0.25, -0.2) is 4.79 Å². The predicted octanol–water partition coefficient (Wildman–Crippen LogP) is 4.04. The third-order valence-corrected chi connectivity index (χ3v) is 7.15. The van der Waals surface area contributed by atoms with Crippen molar-refractivity contribution < 1.29 is 19.1 Å². The molecule has 1 amide bonds. The highest BCUT2D eigenvalue weighted by Crippen LogP contribution is 2.29. The molecular weight excluding hydrogens is 444 g/mol. The Morgan fingerprint density at radius 1 is 1.09 bits per heavy atom. The number of carbonyl (C=O) groups excluding carboxylic acids is 1. The van der Waals surface area contributed by atoms with Gasteiger partial charge in [0.25, 0.3) is 5.91 Å². The number of phenols is 1. The van der Waals surface area contributed by atoms with Gasteiger partial charge in [-0.1, -0.05) is 12.1 Å². The molecule has 184 valence electrons. The second-order valence-electron chi connectivity index (χ2n) is 9.52. The zero-order chi connectivity index (χ0) is 24.2. The molecule has 2 N–H and O–H groups in total. The Hall–Kier alpha value is -3.32. The molecular formula is C28H32N2O5. The Morgan fingerprint density at radius 2 is 1.86 bits per heavy atom. The number of carbonyl (C=O) groups is 1. The number of nitrogens with zero attached hydrogens (tertiary/aromatic N) is 1. The maximum Gasteiger partial charge on any atom is 0.339 e. The van der Waals surface area contributed by atoms with E-state index in [0.717, 1.165) is 86.8 Å². The van der Waals surface area contributed by atoms with E-state index in [4.69, 9.17) is 9.15 Å². The van der Waals surface area contributed by atoms with E-state index in [9.17, 15) is 14.7 Å². The van der Waals surface area contributed by atoms with Gasteiger partial charge in [0, 0.05) is 42.7 Å². The summed E-state index contributed by atoms with van der Waals surface area (Å²) in [6.07, 6.45) is 6.57. The quantitative estimate of drug-likeness (QED) is 0.395. The number of fused-ring (bicyclic) bond motifs is 3. The van der Waals surface area contributed by atoms with Gasteiger partial charge in [-0.05, 0) is 74.8 Å². The van der Waals surface area contributed by atoms with Crippen molar-refractivity contribution in [3.05, 3.63) is 69.6 Å². The highest BCUT2D eigenvalue weighted by Gasteiger charge is 2.22. The van der Waals surface area contributed by atoms with Gasteiger partial charge >= 0.3 is 5.63 Å². The Labute approximate surface area is 204 Å². The van der Waals surface area contributed by atoms with Crippen molar-refractivity contribution in [2.75, 3.05) is 26.2 Å². The smallest absolute Gasteiger partial charge is 0.339 e. The number of para-hydroxylation sites is 1. The molecule has 2 heterocycles. The van der Waals surface area contributed by atoms with Crippen LogP contribution in [0.5, 0.6) is 11.5 Å². The molecule has 1 aliphatic carbocycles. The van der Waals surface area contributed by atoms with Gasteiger partial charge in [0.2, 0.25) is 0 Å². The number of hydrogen-bond donors (Lipinski definition) is 2. The van der Waals surface area contributed by atoms with Gasteiger partial charge in [0.1, 0.15) is 17.1 Å². The molecule has 7 nitrogen and oxygen atoms in total. The van der Waals surface area contributed by atoms with Gasteiger partial charge in [-0.15, -0.1) is 0 Å². The standard InChI is InChI=1S/C28H32N2O5/c31-25-9-4-3-8-24(25)27(32)29-19-12-15-30(16-13-19)14-5-17-34-20-10-11-22-21-6-1-2-7-23(21)28(33)35-26(22)18-20/h3-4,8-11,18-19,31H,1-2,5-7,12-17H2,(H,29,32). The Morgan fingerprint density at radius 3 is 2.66 bits per heavy atom. The van der Waals surface area contributed by atoms with Crippen LogP contribution < -0.4 is 15.7 Å². The monoisotopic (exact) mass is 476 g/mol. The van der Waals surface area contributed by atoms with E-state index in [2.05, 4.69) is 10.2 Å². The van der Waals surface area contributed by atoms with Crippen molar-refractivity contribution >= 4 is 16.9 Å². The number of ether oxygens (including phenoxy) is 1. The van der Waals surface area contributed by atoms with Crippen LogP contribution >= 0.6 is 0 Å². The fourth-order valence-corrected chi connectivity index (χ4v) is 5.22. The first-order chi connectivity index (χ1) is 17.1. The molecule has 1 saturated heterocycles. The zero-order valence-electron chi connectivity index (χ0n) is 19.9. The van der Waals surface area contributed by atoms with Gasteiger partial charge in [-0.2, -0.15) is 0 Å². The summed E-state index contributed by atoms with van der Waals surface area (Å²) in [6, 6.07) is 12.6. The van der Waals surface area contributed by atoms with E-state index in [1.165, 1.54) is 6.07 Å². The van der Waals surface area contributed by atoms with Crippen LogP contribution in [0.1, 0.15) is 53.6 Å². The second kappa shape index (κ2) is 10.5. The fourth-order valence-electron chi connectivity index (χ4n) is 5.22. The van der Waals surface area contributed by atoms with E-state index < -0.39 is 0 Å². The molecule has 0 atom stereocenters. The van der Waals surface area contributed by atoms with Gasteiger partial charge in [0.05, 0.1) is 12.2 Å². The number of amides is 1. The van der Waals surface area contributed by atoms with Crippen molar-refractivity contribution in [2.45, 2.75) is 51.0 Å². The second-order valence-corrected chi connectivity index (χ2v) is 9.52. The maximum absolute atomic E-state index is 12.4. The third kappa shape index (κ3) is 5.35. The first-order valence-electron chi connectivity index (χ1n) is 12.6.